The minimum Gasteiger partial charge on any atom is -0.340 e. The van der Waals surface area contributed by atoms with Gasteiger partial charge in [0.25, 0.3) is 0 Å². The average Bonchev–Trinajstić information content (AvgIpc) is 2.56. The standard InChI is InChI=1S/C18H17BrN4/c1-13-12-17(21-15-10-8-14(19)9-11-15)22-18(20-13)23(2)16-6-4-3-5-7-16/h3-12H,1-2H3,(H,20,21,22). The average molecular weight is 369 g/mol. The van der Waals surface area contributed by atoms with Crippen molar-refractivity contribution in [2.75, 3.05) is 17.3 Å². The van der Waals surface area contributed by atoms with Crippen LogP contribution in [0.5, 0.6) is 0 Å². The van der Waals surface area contributed by atoms with Gasteiger partial charge in [-0.1, -0.05) is 34.1 Å². The van der Waals surface area contributed by atoms with E-state index >= 15 is 0 Å². The summed E-state index contributed by atoms with van der Waals surface area (Å²) in [4.78, 5) is 11.1. The highest BCUT2D eigenvalue weighted by Gasteiger charge is 2.09. The second-order valence-corrected chi connectivity index (χ2v) is 6.14. The van der Waals surface area contributed by atoms with Crippen LogP contribution in [0.25, 0.3) is 0 Å². The van der Waals surface area contributed by atoms with E-state index in [4.69, 9.17) is 0 Å². The van der Waals surface area contributed by atoms with Crippen molar-refractivity contribution in [1.29, 1.82) is 0 Å². The zero-order chi connectivity index (χ0) is 16.2. The van der Waals surface area contributed by atoms with E-state index < -0.39 is 0 Å². The van der Waals surface area contributed by atoms with Gasteiger partial charge in [0.05, 0.1) is 0 Å². The molecule has 23 heavy (non-hydrogen) atoms. The van der Waals surface area contributed by atoms with Crippen molar-refractivity contribution in [3.05, 3.63) is 70.8 Å². The summed E-state index contributed by atoms with van der Waals surface area (Å²) in [5, 5.41) is 3.32. The maximum absolute atomic E-state index is 4.62. The van der Waals surface area contributed by atoms with Crippen molar-refractivity contribution < 1.29 is 0 Å². The largest absolute Gasteiger partial charge is 0.340 e. The molecule has 0 spiro atoms. The number of aromatic nitrogens is 2. The number of anilines is 4. The number of benzene rings is 2. The van der Waals surface area contributed by atoms with E-state index in [0.29, 0.717) is 5.95 Å². The lowest BCUT2D eigenvalue weighted by Gasteiger charge is -2.18. The van der Waals surface area contributed by atoms with Crippen LogP contribution < -0.4 is 10.2 Å². The third-order valence-corrected chi connectivity index (χ3v) is 3.93. The van der Waals surface area contributed by atoms with Gasteiger partial charge in [-0.15, -0.1) is 0 Å². The van der Waals surface area contributed by atoms with Gasteiger partial charge in [-0.3, -0.25) is 0 Å². The summed E-state index contributed by atoms with van der Waals surface area (Å²) in [6.07, 6.45) is 0. The molecule has 2 aromatic carbocycles. The van der Waals surface area contributed by atoms with E-state index in [1.807, 2.05) is 79.5 Å². The summed E-state index contributed by atoms with van der Waals surface area (Å²) in [5.41, 5.74) is 2.95. The Morgan fingerprint density at radius 2 is 1.65 bits per heavy atom. The first-order valence-corrected chi connectivity index (χ1v) is 8.08. The van der Waals surface area contributed by atoms with Crippen LogP contribution in [-0.4, -0.2) is 17.0 Å². The zero-order valence-corrected chi connectivity index (χ0v) is 14.6. The number of hydrogen-bond donors (Lipinski definition) is 1. The van der Waals surface area contributed by atoms with Crippen LogP contribution in [0.15, 0.2) is 65.1 Å². The highest BCUT2D eigenvalue weighted by atomic mass is 79.9. The lowest BCUT2D eigenvalue weighted by molar-refractivity contribution is 1.02. The predicted octanol–water partition coefficient (Wildman–Crippen LogP) is 5.06. The molecule has 4 nitrogen and oxygen atoms in total. The Kier molecular flexibility index (Phi) is 4.57. The molecule has 0 amide bonds. The monoisotopic (exact) mass is 368 g/mol. The SMILES string of the molecule is Cc1cc(Nc2ccc(Br)cc2)nc(N(C)c2ccccc2)n1. The Hall–Kier alpha value is -2.40. The number of para-hydroxylation sites is 1. The van der Waals surface area contributed by atoms with E-state index in [1.54, 1.807) is 0 Å². The van der Waals surface area contributed by atoms with Gasteiger partial charge in [0, 0.05) is 34.7 Å². The molecule has 0 aliphatic rings. The molecule has 3 rings (SSSR count). The topological polar surface area (TPSA) is 41.1 Å². The van der Waals surface area contributed by atoms with E-state index in [1.165, 1.54) is 0 Å². The molecule has 0 atom stereocenters. The molecule has 3 aromatic rings. The van der Waals surface area contributed by atoms with Crippen LogP contribution in [-0.2, 0) is 0 Å². The van der Waals surface area contributed by atoms with Gasteiger partial charge in [0.1, 0.15) is 5.82 Å². The minimum absolute atomic E-state index is 0.663. The van der Waals surface area contributed by atoms with Crippen molar-refractivity contribution in [2.24, 2.45) is 0 Å². The normalized spacial score (nSPS) is 10.4. The van der Waals surface area contributed by atoms with Gasteiger partial charge in [0.15, 0.2) is 0 Å². The highest BCUT2D eigenvalue weighted by Crippen LogP contribution is 2.23. The molecule has 0 fully saturated rings. The van der Waals surface area contributed by atoms with Crippen molar-refractivity contribution in [3.63, 3.8) is 0 Å². The second-order valence-electron chi connectivity index (χ2n) is 5.22. The minimum atomic E-state index is 0.663. The molecule has 5 heteroatoms. The fourth-order valence-electron chi connectivity index (χ4n) is 2.22. The molecule has 0 saturated carbocycles. The van der Waals surface area contributed by atoms with Gasteiger partial charge >= 0.3 is 0 Å². The fraction of sp³-hybridized carbons (Fsp3) is 0.111. The number of aryl methyl sites for hydroxylation is 1. The molecule has 1 heterocycles. The van der Waals surface area contributed by atoms with E-state index in [0.717, 1.165) is 27.4 Å². The molecule has 0 radical (unpaired) electrons. The van der Waals surface area contributed by atoms with E-state index in [2.05, 4.69) is 31.2 Å². The summed E-state index contributed by atoms with van der Waals surface area (Å²) >= 11 is 3.44. The van der Waals surface area contributed by atoms with Crippen molar-refractivity contribution in [2.45, 2.75) is 6.92 Å². The summed E-state index contributed by atoms with van der Waals surface area (Å²) in [7, 11) is 1.97. The quantitative estimate of drug-likeness (QED) is 0.698. The molecule has 0 saturated heterocycles. The lowest BCUT2D eigenvalue weighted by atomic mass is 10.3. The predicted molar refractivity (Wildman–Crippen MR) is 98.7 cm³/mol. The Balaban J connectivity index is 1.88. The second kappa shape index (κ2) is 6.79. The Morgan fingerprint density at radius 3 is 2.35 bits per heavy atom. The number of nitrogens with one attached hydrogen (secondary N) is 1. The van der Waals surface area contributed by atoms with Gasteiger partial charge < -0.3 is 10.2 Å². The van der Waals surface area contributed by atoms with Crippen LogP contribution in [0.2, 0.25) is 0 Å². The highest BCUT2D eigenvalue weighted by molar-refractivity contribution is 9.10. The van der Waals surface area contributed by atoms with Crippen LogP contribution >= 0.6 is 15.9 Å². The van der Waals surface area contributed by atoms with Crippen LogP contribution in [0.1, 0.15) is 5.69 Å². The maximum atomic E-state index is 4.62. The summed E-state index contributed by atoms with van der Waals surface area (Å²) in [5.74, 6) is 1.44. The van der Waals surface area contributed by atoms with E-state index in [9.17, 15) is 0 Å². The lowest BCUT2D eigenvalue weighted by Crippen LogP contribution is -2.14. The summed E-state index contributed by atoms with van der Waals surface area (Å²) in [6, 6.07) is 20.0. The number of halogens is 1. The number of hydrogen-bond acceptors (Lipinski definition) is 4. The van der Waals surface area contributed by atoms with E-state index in [-0.39, 0.29) is 0 Å². The molecule has 0 aliphatic heterocycles. The van der Waals surface area contributed by atoms with Gasteiger partial charge in [0.2, 0.25) is 5.95 Å². The first-order chi connectivity index (χ1) is 11.1. The molecule has 116 valence electrons. The summed E-state index contributed by atoms with van der Waals surface area (Å²) < 4.78 is 1.05. The maximum Gasteiger partial charge on any atom is 0.231 e. The molecule has 0 aliphatic carbocycles. The van der Waals surface area contributed by atoms with Crippen molar-refractivity contribution in [3.8, 4) is 0 Å². The third-order valence-electron chi connectivity index (χ3n) is 3.40. The molecule has 1 aromatic heterocycles. The summed E-state index contributed by atoms with van der Waals surface area (Å²) in [6.45, 7) is 1.97. The smallest absolute Gasteiger partial charge is 0.231 e. The van der Waals surface area contributed by atoms with Crippen LogP contribution in [0.4, 0.5) is 23.1 Å². The van der Waals surface area contributed by atoms with Crippen LogP contribution in [0, 0.1) is 6.92 Å². The number of rotatable bonds is 4. The molecule has 1 N–H and O–H groups in total. The molecule has 0 unspecified atom stereocenters. The Morgan fingerprint density at radius 1 is 0.957 bits per heavy atom. The molecular weight excluding hydrogens is 352 g/mol. The fourth-order valence-corrected chi connectivity index (χ4v) is 2.48. The van der Waals surface area contributed by atoms with Gasteiger partial charge in [-0.25, -0.2) is 4.98 Å². The van der Waals surface area contributed by atoms with Gasteiger partial charge in [-0.05, 0) is 43.3 Å². The van der Waals surface area contributed by atoms with Crippen molar-refractivity contribution >= 4 is 39.1 Å². The van der Waals surface area contributed by atoms with Crippen molar-refractivity contribution in [1.82, 2.24) is 9.97 Å². The third kappa shape index (κ3) is 3.87. The van der Waals surface area contributed by atoms with Gasteiger partial charge in [-0.2, -0.15) is 4.98 Å². The number of nitrogens with zero attached hydrogens (tertiary/aromatic N) is 3. The first-order valence-electron chi connectivity index (χ1n) is 7.29. The Bertz CT molecular complexity index is 788. The zero-order valence-electron chi connectivity index (χ0n) is 13.0. The Labute approximate surface area is 144 Å². The molecular formula is C18H17BrN4. The molecule has 0 bridgehead atoms. The first kappa shape index (κ1) is 15.5. The van der Waals surface area contributed by atoms with Crippen LogP contribution in [0.3, 0.4) is 0 Å².